The Kier molecular flexibility index (Phi) is 4.59. The van der Waals surface area contributed by atoms with E-state index < -0.39 is 25.0 Å². The smallest absolute Gasteiger partial charge is 0.287 e. The molecule has 1 aromatic rings. The van der Waals surface area contributed by atoms with Crippen molar-refractivity contribution in [3.63, 3.8) is 0 Å². The molecule has 0 saturated carbocycles. The zero-order valence-corrected chi connectivity index (χ0v) is 10.7. The summed E-state index contributed by atoms with van der Waals surface area (Å²) in [5.74, 6) is -3.90. The molecule has 0 aromatic heterocycles. The van der Waals surface area contributed by atoms with E-state index in [1.54, 1.807) is 19.1 Å². The van der Waals surface area contributed by atoms with Gasteiger partial charge in [0.15, 0.2) is 0 Å². The molecular formula is C11H12BrF2NO2. The van der Waals surface area contributed by atoms with Crippen molar-refractivity contribution in [1.82, 2.24) is 5.32 Å². The van der Waals surface area contributed by atoms with Crippen LogP contribution in [0.5, 0.6) is 0 Å². The number of aliphatic hydroxyl groups is 1. The summed E-state index contributed by atoms with van der Waals surface area (Å²) in [6.45, 7) is -0.381. The average molecular weight is 308 g/mol. The Balaban J connectivity index is 2.74. The highest BCUT2D eigenvalue weighted by molar-refractivity contribution is 9.10. The van der Waals surface area contributed by atoms with E-state index in [9.17, 15) is 13.6 Å². The summed E-state index contributed by atoms with van der Waals surface area (Å²) >= 11 is 3.22. The first-order valence-corrected chi connectivity index (χ1v) is 5.68. The standard InChI is InChI=1S/C11H12BrF2NO2/c1-7-3-2-4-8(9(7)12)10(17)15-5-11(13,14)6-16/h2-4,16H,5-6H2,1H3,(H,15,17). The average Bonchev–Trinajstić information content (AvgIpc) is 2.30. The van der Waals surface area contributed by atoms with Gasteiger partial charge in [0.05, 0.1) is 12.1 Å². The van der Waals surface area contributed by atoms with E-state index in [-0.39, 0.29) is 0 Å². The Bertz CT molecular complexity index is 424. The van der Waals surface area contributed by atoms with Gasteiger partial charge in [0.1, 0.15) is 6.61 Å². The summed E-state index contributed by atoms with van der Waals surface area (Å²) in [6, 6.07) is 4.99. The SMILES string of the molecule is Cc1cccc(C(=O)NCC(F)(F)CO)c1Br. The van der Waals surface area contributed by atoms with Crippen LogP contribution in [0.25, 0.3) is 0 Å². The summed E-state index contributed by atoms with van der Waals surface area (Å²) in [4.78, 5) is 11.6. The van der Waals surface area contributed by atoms with Crippen LogP contribution in [-0.4, -0.2) is 30.1 Å². The number of aliphatic hydroxyl groups excluding tert-OH is 1. The number of rotatable bonds is 4. The van der Waals surface area contributed by atoms with Crippen molar-refractivity contribution < 1.29 is 18.7 Å². The number of hydrogen-bond donors (Lipinski definition) is 2. The van der Waals surface area contributed by atoms with E-state index in [4.69, 9.17) is 5.11 Å². The molecule has 0 aliphatic carbocycles. The fraction of sp³-hybridized carbons (Fsp3) is 0.364. The highest BCUT2D eigenvalue weighted by Gasteiger charge is 2.28. The van der Waals surface area contributed by atoms with Crippen LogP contribution in [0.15, 0.2) is 22.7 Å². The number of nitrogens with one attached hydrogen (secondary N) is 1. The van der Waals surface area contributed by atoms with Crippen LogP contribution in [0.3, 0.4) is 0 Å². The third-order valence-corrected chi connectivity index (χ3v) is 3.23. The number of halogens is 3. The minimum absolute atomic E-state index is 0.290. The van der Waals surface area contributed by atoms with Crippen LogP contribution in [0.2, 0.25) is 0 Å². The van der Waals surface area contributed by atoms with Gasteiger partial charge in [-0.1, -0.05) is 12.1 Å². The maximum absolute atomic E-state index is 12.7. The number of aryl methyl sites for hydroxylation is 1. The number of alkyl halides is 2. The van der Waals surface area contributed by atoms with Gasteiger partial charge in [0.25, 0.3) is 11.8 Å². The molecule has 94 valence electrons. The largest absolute Gasteiger partial charge is 0.390 e. The number of carbonyl (C=O) groups is 1. The fourth-order valence-corrected chi connectivity index (χ4v) is 1.63. The first-order valence-electron chi connectivity index (χ1n) is 4.89. The summed E-state index contributed by atoms with van der Waals surface area (Å²) in [5, 5.41) is 10.4. The van der Waals surface area contributed by atoms with E-state index in [1.807, 2.05) is 0 Å². The van der Waals surface area contributed by atoms with Gasteiger partial charge in [-0.3, -0.25) is 4.79 Å². The molecule has 0 aliphatic heterocycles. The topological polar surface area (TPSA) is 49.3 Å². The molecule has 0 aliphatic rings. The van der Waals surface area contributed by atoms with Gasteiger partial charge in [-0.15, -0.1) is 0 Å². The number of carbonyl (C=O) groups excluding carboxylic acids is 1. The molecular weight excluding hydrogens is 296 g/mol. The number of hydrogen-bond acceptors (Lipinski definition) is 2. The molecule has 3 nitrogen and oxygen atoms in total. The van der Waals surface area contributed by atoms with Crippen LogP contribution < -0.4 is 5.32 Å². The van der Waals surface area contributed by atoms with Gasteiger partial charge in [-0.2, -0.15) is 0 Å². The molecule has 2 N–H and O–H groups in total. The molecule has 1 rings (SSSR count). The lowest BCUT2D eigenvalue weighted by molar-refractivity contribution is -0.0462. The highest BCUT2D eigenvalue weighted by atomic mass is 79.9. The second kappa shape index (κ2) is 5.55. The van der Waals surface area contributed by atoms with Crippen LogP contribution in [0.1, 0.15) is 15.9 Å². The maximum Gasteiger partial charge on any atom is 0.287 e. The van der Waals surface area contributed by atoms with Crippen molar-refractivity contribution in [2.45, 2.75) is 12.8 Å². The van der Waals surface area contributed by atoms with E-state index in [2.05, 4.69) is 21.2 Å². The first-order chi connectivity index (χ1) is 7.87. The van der Waals surface area contributed by atoms with Crippen LogP contribution >= 0.6 is 15.9 Å². The van der Waals surface area contributed by atoms with E-state index >= 15 is 0 Å². The first kappa shape index (κ1) is 14.1. The van der Waals surface area contributed by atoms with Crippen molar-refractivity contribution in [2.24, 2.45) is 0 Å². The van der Waals surface area contributed by atoms with Gasteiger partial charge in [0, 0.05) is 4.47 Å². The van der Waals surface area contributed by atoms with Gasteiger partial charge >= 0.3 is 0 Å². The Morgan fingerprint density at radius 1 is 1.53 bits per heavy atom. The number of amides is 1. The van der Waals surface area contributed by atoms with Crippen molar-refractivity contribution in [3.05, 3.63) is 33.8 Å². The minimum atomic E-state index is -3.30. The molecule has 1 amide bonds. The van der Waals surface area contributed by atoms with Crippen LogP contribution in [0.4, 0.5) is 8.78 Å². The fourth-order valence-electron chi connectivity index (χ4n) is 1.18. The lowest BCUT2D eigenvalue weighted by Gasteiger charge is -2.14. The second-order valence-corrected chi connectivity index (χ2v) is 4.43. The molecule has 0 saturated heterocycles. The quantitative estimate of drug-likeness (QED) is 0.895. The summed E-state index contributed by atoms with van der Waals surface area (Å²) in [7, 11) is 0. The lowest BCUT2D eigenvalue weighted by atomic mass is 10.1. The molecule has 6 heteroatoms. The molecule has 0 heterocycles. The Morgan fingerprint density at radius 3 is 2.76 bits per heavy atom. The molecule has 0 unspecified atom stereocenters. The molecule has 17 heavy (non-hydrogen) atoms. The lowest BCUT2D eigenvalue weighted by Crippen LogP contribution is -2.39. The third kappa shape index (κ3) is 3.74. The molecule has 0 fully saturated rings. The van der Waals surface area contributed by atoms with Crippen LogP contribution in [-0.2, 0) is 0 Å². The molecule has 0 radical (unpaired) electrons. The molecule has 1 aromatic carbocycles. The van der Waals surface area contributed by atoms with E-state index in [0.717, 1.165) is 5.56 Å². The normalized spacial score (nSPS) is 11.4. The maximum atomic E-state index is 12.7. The number of benzene rings is 1. The van der Waals surface area contributed by atoms with E-state index in [1.165, 1.54) is 6.07 Å². The van der Waals surface area contributed by atoms with Crippen molar-refractivity contribution in [3.8, 4) is 0 Å². The van der Waals surface area contributed by atoms with Crippen LogP contribution in [0, 0.1) is 6.92 Å². The predicted octanol–water partition coefficient (Wildman–Crippen LogP) is 2.11. The zero-order chi connectivity index (χ0) is 13.1. The van der Waals surface area contributed by atoms with Gasteiger partial charge in [-0.25, -0.2) is 8.78 Å². The van der Waals surface area contributed by atoms with Crippen molar-refractivity contribution in [2.75, 3.05) is 13.2 Å². The monoisotopic (exact) mass is 307 g/mol. The highest BCUT2D eigenvalue weighted by Crippen LogP contribution is 2.21. The Morgan fingerprint density at radius 2 is 2.18 bits per heavy atom. The van der Waals surface area contributed by atoms with Crippen molar-refractivity contribution >= 4 is 21.8 Å². The molecule has 0 atom stereocenters. The summed E-state index contributed by atoms with van der Waals surface area (Å²) < 4.78 is 26.0. The van der Waals surface area contributed by atoms with Gasteiger partial charge in [-0.05, 0) is 34.5 Å². The minimum Gasteiger partial charge on any atom is -0.390 e. The van der Waals surface area contributed by atoms with Gasteiger partial charge < -0.3 is 10.4 Å². The van der Waals surface area contributed by atoms with Gasteiger partial charge in [0.2, 0.25) is 0 Å². The predicted molar refractivity (Wildman–Crippen MR) is 63.2 cm³/mol. The third-order valence-electron chi connectivity index (χ3n) is 2.18. The zero-order valence-electron chi connectivity index (χ0n) is 9.14. The van der Waals surface area contributed by atoms with Crippen molar-refractivity contribution in [1.29, 1.82) is 0 Å². The van der Waals surface area contributed by atoms with E-state index in [0.29, 0.717) is 10.0 Å². The second-order valence-electron chi connectivity index (χ2n) is 3.63. The Hall–Kier alpha value is -1.01. The molecule has 0 spiro atoms. The summed E-state index contributed by atoms with van der Waals surface area (Å²) in [6.07, 6.45) is 0. The molecule has 0 bridgehead atoms. The Labute approximate surface area is 106 Å². The summed E-state index contributed by atoms with van der Waals surface area (Å²) in [5.41, 5.74) is 1.13.